The zero-order chi connectivity index (χ0) is 19.8. The van der Waals surface area contributed by atoms with E-state index in [1.807, 2.05) is 0 Å². The Balaban J connectivity index is 1.39. The van der Waals surface area contributed by atoms with Crippen molar-refractivity contribution in [3.8, 4) is 5.75 Å². The van der Waals surface area contributed by atoms with Gasteiger partial charge in [0.2, 0.25) is 17.7 Å². The molecule has 0 saturated carbocycles. The number of benzene rings is 1. The number of nitrogens with zero attached hydrogens (tertiary/aromatic N) is 3. The number of methoxy groups -OCH3 is 1. The molecule has 3 fully saturated rings. The maximum absolute atomic E-state index is 12.9. The van der Waals surface area contributed by atoms with Crippen LogP contribution in [0.4, 0.5) is 10.5 Å². The van der Waals surface area contributed by atoms with E-state index < -0.39 is 5.92 Å². The second kappa shape index (κ2) is 7.46. The molecule has 0 spiro atoms. The maximum Gasteiger partial charge on any atom is 0.289 e. The molecule has 0 aromatic heterocycles. The fraction of sp³-hybridized carbons (Fsp3) is 0.474. The predicted octanol–water partition coefficient (Wildman–Crippen LogP) is 1.34. The maximum atomic E-state index is 12.9. The molecular weight excluding hydrogens is 382 g/mol. The summed E-state index contributed by atoms with van der Waals surface area (Å²) in [7, 11) is 1.58. The molecule has 0 aliphatic carbocycles. The summed E-state index contributed by atoms with van der Waals surface area (Å²) in [4.78, 5) is 53.8. The number of amides is 4. The SMILES string of the molecule is COc1ccc(N2CC(C(=O)N3CCC(N4C(=O)CSC4=O)C3)CC2=O)cc1. The van der Waals surface area contributed by atoms with Crippen molar-refractivity contribution in [2.24, 2.45) is 5.92 Å². The summed E-state index contributed by atoms with van der Waals surface area (Å²) < 4.78 is 5.14. The van der Waals surface area contributed by atoms with Gasteiger partial charge in [-0.3, -0.25) is 24.1 Å². The van der Waals surface area contributed by atoms with E-state index in [2.05, 4.69) is 0 Å². The van der Waals surface area contributed by atoms with Gasteiger partial charge >= 0.3 is 0 Å². The van der Waals surface area contributed by atoms with Crippen LogP contribution < -0.4 is 9.64 Å². The molecule has 4 rings (SSSR count). The van der Waals surface area contributed by atoms with Crippen LogP contribution >= 0.6 is 11.8 Å². The lowest BCUT2D eigenvalue weighted by Gasteiger charge is -2.23. The summed E-state index contributed by atoms with van der Waals surface area (Å²) in [6, 6.07) is 6.92. The zero-order valence-electron chi connectivity index (χ0n) is 15.5. The first-order chi connectivity index (χ1) is 13.5. The topological polar surface area (TPSA) is 87.2 Å². The van der Waals surface area contributed by atoms with Gasteiger partial charge in [-0.2, -0.15) is 0 Å². The van der Waals surface area contributed by atoms with E-state index in [1.165, 1.54) is 4.90 Å². The van der Waals surface area contributed by atoms with E-state index in [1.54, 1.807) is 41.2 Å². The number of carbonyl (C=O) groups is 4. The van der Waals surface area contributed by atoms with Crippen molar-refractivity contribution >= 4 is 40.4 Å². The van der Waals surface area contributed by atoms with Crippen LogP contribution in [0.5, 0.6) is 5.75 Å². The van der Waals surface area contributed by atoms with Crippen molar-refractivity contribution in [3.63, 3.8) is 0 Å². The summed E-state index contributed by atoms with van der Waals surface area (Å²) in [6.07, 6.45) is 0.760. The van der Waals surface area contributed by atoms with Crippen LogP contribution in [0.3, 0.4) is 0 Å². The molecule has 3 saturated heterocycles. The predicted molar refractivity (Wildman–Crippen MR) is 103 cm³/mol. The molecule has 0 radical (unpaired) electrons. The van der Waals surface area contributed by atoms with E-state index in [-0.39, 0.29) is 41.2 Å². The number of carbonyl (C=O) groups excluding carboxylic acids is 4. The number of rotatable bonds is 4. The van der Waals surface area contributed by atoms with Crippen molar-refractivity contribution in [1.82, 2.24) is 9.80 Å². The highest BCUT2D eigenvalue weighted by Crippen LogP contribution is 2.30. The van der Waals surface area contributed by atoms with Gasteiger partial charge in [0, 0.05) is 31.7 Å². The highest BCUT2D eigenvalue weighted by Gasteiger charge is 2.43. The van der Waals surface area contributed by atoms with Gasteiger partial charge in [-0.05, 0) is 30.7 Å². The van der Waals surface area contributed by atoms with Gasteiger partial charge in [-0.25, -0.2) is 0 Å². The van der Waals surface area contributed by atoms with Gasteiger partial charge in [0.15, 0.2) is 0 Å². The van der Waals surface area contributed by atoms with E-state index in [0.29, 0.717) is 31.8 Å². The standard InChI is InChI=1S/C19H21N3O5S/c1-27-15-4-2-13(3-5-15)21-9-12(8-16(21)23)18(25)20-7-6-14(10-20)22-17(24)11-28-19(22)26/h2-5,12,14H,6-11H2,1H3. The summed E-state index contributed by atoms with van der Waals surface area (Å²) in [5.41, 5.74) is 0.741. The third-order valence-corrected chi connectivity index (χ3v) is 6.32. The van der Waals surface area contributed by atoms with Crippen molar-refractivity contribution in [3.05, 3.63) is 24.3 Å². The van der Waals surface area contributed by atoms with Crippen molar-refractivity contribution in [2.45, 2.75) is 18.9 Å². The minimum absolute atomic E-state index is 0.0828. The first-order valence-corrected chi connectivity index (χ1v) is 10.2. The van der Waals surface area contributed by atoms with Crippen molar-refractivity contribution < 1.29 is 23.9 Å². The lowest BCUT2D eigenvalue weighted by atomic mass is 10.1. The third kappa shape index (κ3) is 3.34. The molecule has 1 aromatic carbocycles. The Morgan fingerprint density at radius 2 is 1.86 bits per heavy atom. The molecule has 3 aliphatic rings. The van der Waals surface area contributed by atoms with Gasteiger partial charge in [-0.1, -0.05) is 11.8 Å². The van der Waals surface area contributed by atoms with Crippen LogP contribution in [0, 0.1) is 5.92 Å². The van der Waals surface area contributed by atoms with Gasteiger partial charge in [0.1, 0.15) is 5.75 Å². The molecule has 8 nitrogen and oxygen atoms in total. The first kappa shape index (κ1) is 18.8. The molecule has 4 amide bonds. The smallest absolute Gasteiger partial charge is 0.289 e. The molecule has 2 unspecified atom stereocenters. The van der Waals surface area contributed by atoms with Crippen LogP contribution in [-0.2, 0) is 14.4 Å². The normalized spacial score (nSPS) is 25.2. The van der Waals surface area contributed by atoms with Crippen LogP contribution in [0.25, 0.3) is 0 Å². The largest absolute Gasteiger partial charge is 0.497 e. The van der Waals surface area contributed by atoms with Crippen LogP contribution in [0.2, 0.25) is 0 Å². The molecular formula is C19H21N3O5S. The fourth-order valence-corrected chi connectivity index (χ4v) is 4.79. The van der Waals surface area contributed by atoms with Crippen LogP contribution in [-0.4, -0.2) is 71.3 Å². The Kier molecular flexibility index (Phi) is 5.01. The highest BCUT2D eigenvalue weighted by atomic mass is 32.2. The summed E-state index contributed by atoms with van der Waals surface area (Å²) in [5.74, 6) is 0.121. The van der Waals surface area contributed by atoms with Gasteiger partial charge < -0.3 is 14.5 Å². The van der Waals surface area contributed by atoms with E-state index in [9.17, 15) is 19.2 Å². The Morgan fingerprint density at radius 1 is 1.11 bits per heavy atom. The Hall–Kier alpha value is -2.55. The molecule has 28 heavy (non-hydrogen) atoms. The quantitative estimate of drug-likeness (QED) is 0.754. The molecule has 148 valence electrons. The Morgan fingerprint density at radius 3 is 2.50 bits per heavy atom. The molecule has 0 N–H and O–H groups in total. The third-order valence-electron chi connectivity index (χ3n) is 5.48. The minimum atomic E-state index is -0.410. The van der Waals surface area contributed by atoms with Gasteiger partial charge in [-0.15, -0.1) is 0 Å². The Bertz CT molecular complexity index is 811. The number of ether oxygens (including phenoxy) is 1. The van der Waals surface area contributed by atoms with Crippen LogP contribution in [0.1, 0.15) is 12.8 Å². The first-order valence-electron chi connectivity index (χ1n) is 9.20. The van der Waals surface area contributed by atoms with Crippen LogP contribution in [0.15, 0.2) is 24.3 Å². The van der Waals surface area contributed by atoms with E-state index in [0.717, 1.165) is 17.4 Å². The highest BCUT2D eigenvalue weighted by molar-refractivity contribution is 8.14. The van der Waals surface area contributed by atoms with Crippen molar-refractivity contribution in [2.75, 3.05) is 37.4 Å². The monoisotopic (exact) mass is 403 g/mol. The number of thioether (sulfide) groups is 1. The number of hydrogen-bond donors (Lipinski definition) is 0. The number of anilines is 1. The number of hydrogen-bond acceptors (Lipinski definition) is 6. The number of likely N-dealkylation sites (tertiary alicyclic amines) is 1. The minimum Gasteiger partial charge on any atom is -0.497 e. The molecule has 3 heterocycles. The molecule has 9 heteroatoms. The van der Waals surface area contributed by atoms with E-state index >= 15 is 0 Å². The van der Waals surface area contributed by atoms with Crippen molar-refractivity contribution in [1.29, 1.82) is 0 Å². The van der Waals surface area contributed by atoms with Gasteiger partial charge in [0.05, 0.1) is 24.8 Å². The second-order valence-electron chi connectivity index (χ2n) is 7.15. The molecule has 2 atom stereocenters. The fourth-order valence-electron chi connectivity index (χ4n) is 4.01. The second-order valence-corrected chi connectivity index (χ2v) is 8.08. The van der Waals surface area contributed by atoms with Gasteiger partial charge in [0.25, 0.3) is 5.24 Å². The van der Waals surface area contributed by atoms with E-state index in [4.69, 9.17) is 4.74 Å². The summed E-state index contributed by atoms with van der Waals surface area (Å²) >= 11 is 1.01. The lowest BCUT2D eigenvalue weighted by Crippen LogP contribution is -2.43. The molecule has 3 aliphatic heterocycles. The summed E-state index contributed by atoms with van der Waals surface area (Å²) in [6.45, 7) is 1.19. The average Bonchev–Trinajstić information content (AvgIpc) is 3.40. The Labute approximate surface area is 166 Å². The summed E-state index contributed by atoms with van der Waals surface area (Å²) in [5, 5.41) is -0.231. The molecule has 0 bridgehead atoms. The zero-order valence-corrected chi connectivity index (χ0v) is 16.3. The lowest BCUT2D eigenvalue weighted by molar-refractivity contribution is -0.135. The number of imide groups is 1. The average molecular weight is 403 g/mol. The molecule has 1 aromatic rings.